The van der Waals surface area contributed by atoms with E-state index in [1.165, 1.54) is 86.8 Å². The Morgan fingerprint density at radius 1 is 0.758 bits per heavy atom. The van der Waals surface area contributed by atoms with Gasteiger partial charge in [-0.15, -0.1) is 0 Å². The van der Waals surface area contributed by atoms with E-state index < -0.39 is 0 Å². The van der Waals surface area contributed by atoms with Gasteiger partial charge in [0.05, 0.1) is 5.69 Å². The van der Waals surface area contributed by atoms with E-state index in [4.69, 9.17) is 0 Å². The van der Waals surface area contributed by atoms with Crippen molar-refractivity contribution >= 4 is 17.5 Å². The SMILES string of the molecule is Cc1cc(C2CC34CCC25CC26CCC(CC2)(C3)C(C6)C5C4)cc(C)c1N1C(=O)C=CC1=O. The highest BCUT2D eigenvalue weighted by Gasteiger charge is 2.74. The van der Waals surface area contributed by atoms with Crippen molar-refractivity contribution in [3.8, 4) is 0 Å². The third kappa shape index (κ3) is 2.15. The summed E-state index contributed by atoms with van der Waals surface area (Å²) in [6.07, 6.45) is 19.3. The highest BCUT2D eigenvalue weighted by Crippen LogP contribution is 2.84. The van der Waals surface area contributed by atoms with Crippen molar-refractivity contribution in [2.45, 2.75) is 90.4 Å². The molecule has 0 N–H and O–H groups in total. The second-order valence-electron chi connectivity index (χ2n) is 13.7. The van der Waals surface area contributed by atoms with Gasteiger partial charge >= 0.3 is 0 Å². The summed E-state index contributed by atoms with van der Waals surface area (Å²) in [5.74, 6) is 2.19. The summed E-state index contributed by atoms with van der Waals surface area (Å²) in [5, 5.41) is 0. The molecule has 0 aromatic heterocycles. The maximum Gasteiger partial charge on any atom is 0.258 e. The van der Waals surface area contributed by atoms with Crippen LogP contribution in [0.2, 0.25) is 0 Å². The summed E-state index contributed by atoms with van der Waals surface area (Å²) in [6.45, 7) is 4.21. The lowest BCUT2D eigenvalue weighted by Crippen LogP contribution is -2.70. The number of nitrogens with zero attached hydrogens (tertiary/aromatic N) is 1. The molecule has 10 rings (SSSR count). The largest absolute Gasteiger partial charge is 0.269 e. The fourth-order valence-corrected chi connectivity index (χ4v) is 11.5. The molecule has 2 amide bonds. The number of hydrogen-bond donors (Lipinski definition) is 0. The zero-order valence-corrected chi connectivity index (χ0v) is 20.1. The molecule has 1 heterocycles. The van der Waals surface area contributed by atoms with Crippen LogP contribution >= 0.6 is 0 Å². The molecule has 3 heteroatoms. The highest BCUT2D eigenvalue weighted by atomic mass is 16.2. The Hall–Kier alpha value is -1.90. The predicted molar refractivity (Wildman–Crippen MR) is 128 cm³/mol. The Kier molecular flexibility index (Phi) is 3.33. The number of fused-ring (bicyclic) bond motifs is 4. The highest BCUT2D eigenvalue weighted by molar-refractivity contribution is 6.28. The van der Waals surface area contributed by atoms with E-state index >= 15 is 0 Å². The van der Waals surface area contributed by atoms with Gasteiger partial charge < -0.3 is 0 Å². The van der Waals surface area contributed by atoms with Gasteiger partial charge in [0.25, 0.3) is 11.8 Å². The van der Waals surface area contributed by atoms with Crippen molar-refractivity contribution in [1.29, 1.82) is 0 Å². The first kappa shape index (κ1) is 19.4. The van der Waals surface area contributed by atoms with E-state index in [9.17, 15) is 9.59 Å². The summed E-state index contributed by atoms with van der Waals surface area (Å²) in [7, 11) is 0. The number of imide groups is 1. The van der Waals surface area contributed by atoms with E-state index in [0.717, 1.165) is 28.7 Å². The average molecular weight is 442 g/mol. The Labute approximate surface area is 197 Å². The minimum Gasteiger partial charge on any atom is -0.269 e. The zero-order chi connectivity index (χ0) is 22.4. The lowest BCUT2D eigenvalue weighted by molar-refractivity contribution is -0.286. The van der Waals surface area contributed by atoms with E-state index in [1.54, 1.807) is 6.42 Å². The van der Waals surface area contributed by atoms with Crippen molar-refractivity contribution in [3.05, 3.63) is 41.0 Å². The van der Waals surface area contributed by atoms with E-state index in [-0.39, 0.29) is 11.8 Å². The molecule has 0 radical (unpaired) electrons. The third-order valence-corrected chi connectivity index (χ3v) is 12.5. The molecule has 9 aliphatic rings. The molecule has 3 nitrogen and oxygen atoms in total. The number of amides is 2. The van der Waals surface area contributed by atoms with Crippen LogP contribution in [-0.4, -0.2) is 11.8 Å². The zero-order valence-electron chi connectivity index (χ0n) is 20.1. The number of anilines is 1. The summed E-state index contributed by atoms with van der Waals surface area (Å²) in [6, 6.07) is 4.73. The Morgan fingerprint density at radius 3 is 2.09 bits per heavy atom. The van der Waals surface area contributed by atoms with Crippen LogP contribution in [0.1, 0.15) is 93.2 Å². The first-order chi connectivity index (χ1) is 15.8. The Balaban J connectivity index is 1.26. The number of rotatable bonds is 2. The molecule has 8 fully saturated rings. The summed E-state index contributed by atoms with van der Waals surface area (Å²) < 4.78 is 0. The molecule has 172 valence electrons. The van der Waals surface area contributed by atoms with Gasteiger partial charge in [-0.05, 0) is 141 Å². The quantitative estimate of drug-likeness (QED) is 0.500. The predicted octanol–water partition coefficient (Wildman–Crippen LogP) is 6.37. The van der Waals surface area contributed by atoms with Crippen molar-refractivity contribution in [3.63, 3.8) is 0 Å². The molecule has 6 bridgehead atoms. The van der Waals surface area contributed by atoms with Crippen LogP contribution in [0, 0.1) is 47.3 Å². The second kappa shape index (κ2) is 5.66. The molecule has 8 aliphatic carbocycles. The topological polar surface area (TPSA) is 37.4 Å². The van der Waals surface area contributed by atoms with Crippen LogP contribution in [0.3, 0.4) is 0 Å². The van der Waals surface area contributed by atoms with Gasteiger partial charge in [0, 0.05) is 12.2 Å². The molecule has 1 aromatic carbocycles. The van der Waals surface area contributed by atoms with Gasteiger partial charge in [0.2, 0.25) is 0 Å². The average Bonchev–Trinajstić information content (AvgIpc) is 3.13. The molecule has 5 atom stereocenters. The fourth-order valence-electron chi connectivity index (χ4n) is 11.5. The number of benzene rings is 1. The van der Waals surface area contributed by atoms with Crippen LogP contribution < -0.4 is 4.90 Å². The molecule has 1 aromatic rings. The maximum absolute atomic E-state index is 12.4. The van der Waals surface area contributed by atoms with Gasteiger partial charge in [-0.3, -0.25) is 9.59 Å². The monoisotopic (exact) mass is 441 g/mol. The van der Waals surface area contributed by atoms with Crippen molar-refractivity contribution in [2.75, 3.05) is 4.90 Å². The summed E-state index contributed by atoms with van der Waals surface area (Å²) in [5.41, 5.74) is 6.91. The number of hydrogen-bond acceptors (Lipinski definition) is 2. The van der Waals surface area contributed by atoms with E-state index in [1.807, 2.05) is 0 Å². The van der Waals surface area contributed by atoms with Crippen LogP contribution in [0.15, 0.2) is 24.3 Å². The normalized spacial score (nSPS) is 48.3. The fraction of sp³-hybridized carbons (Fsp3) is 0.667. The molecular formula is C30H35NO2. The van der Waals surface area contributed by atoms with Gasteiger partial charge in [0.1, 0.15) is 0 Å². The van der Waals surface area contributed by atoms with Crippen LogP contribution in [0.25, 0.3) is 0 Å². The second-order valence-corrected chi connectivity index (χ2v) is 13.7. The van der Waals surface area contributed by atoms with E-state index in [0.29, 0.717) is 27.6 Å². The van der Waals surface area contributed by atoms with E-state index in [2.05, 4.69) is 26.0 Å². The Bertz CT molecular complexity index is 1130. The smallest absolute Gasteiger partial charge is 0.258 e. The van der Waals surface area contributed by atoms with Crippen molar-refractivity contribution < 1.29 is 9.59 Å². The van der Waals surface area contributed by atoms with Crippen LogP contribution in [-0.2, 0) is 9.59 Å². The van der Waals surface area contributed by atoms with Crippen LogP contribution in [0.5, 0.6) is 0 Å². The molecule has 4 spiro atoms. The summed E-state index contributed by atoms with van der Waals surface area (Å²) >= 11 is 0. The van der Waals surface area contributed by atoms with Gasteiger partial charge in [0.15, 0.2) is 0 Å². The minimum absolute atomic E-state index is 0.205. The lowest BCUT2D eigenvalue weighted by Gasteiger charge is -2.79. The van der Waals surface area contributed by atoms with Gasteiger partial charge in [-0.25, -0.2) is 4.90 Å². The molecule has 8 saturated carbocycles. The number of carbonyl (C=O) groups excluding carboxylic acids is 2. The molecule has 1 aliphatic heterocycles. The first-order valence-corrected chi connectivity index (χ1v) is 13.5. The number of aryl methyl sites for hydroxylation is 2. The third-order valence-electron chi connectivity index (χ3n) is 12.5. The molecule has 5 unspecified atom stereocenters. The van der Waals surface area contributed by atoms with Crippen molar-refractivity contribution in [2.24, 2.45) is 33.5 Å². The number of carbonyl (C=O) groups is 2. The molecule has 0 saturated heterocycles. The summed E-state index contributed by atoms with van der Waals surface area (Å²) in [4.78, 5) is 26.2. The first-order valence-electron chi connectivity index (χ1n) is 13.5. The molecular weight excluding hydrogens is 406 g/mol. The standard InChI is InChI=1S/C30H35NO2/c1-18-11-20(12-19(2)26(18)31-24(32)3-4-25(31)33)21-13-28-7-10-30(21)17-27-5-8-29(16-28,9-6-27)22(14-27)23(30)15-28/h3-4,11-12,21-23H,5-10,13-17H2,1-2H3. The van der Waals surface area contributed by atoms with Crippen LogP contribution in [0.4, 0.5) is 5.69 Å². The van der Waals surface area contributed by atoms with Crippen molar-refractivity contribution in [1.82, 2.24) is 0 Å². The Morgan fingerprint density at radius 2 is 1.39 bits per heavy atom. The maximum atomic E-state index is 12.4. The minimum atomic E-state index is -0.205. The molecule has 33 heavy (non-hydrogen) atoms. The lowest BCUT2D eigenvalue weighted by atomic mass is 9.25. The van der Waals surface area contributed by atoms with Gasteiger partial charge in [-0.1, -0.05) is 12.1 Å². The van der Waals surface area contributed by atoms with Gasteiger partial charge in [-0.2, -0.15) is 0 Å².